The number of H-pyrrole nitrogens is 1. The maximum absolute atomic E-state index is 12.1. The third-order valence-electron chi connectivity index (χ3n) is 2.99. The first-order valence-electron chi connectivity index (χ1n) is 6.38. The highest BCUT2D eigenvalue weighted by molar-refractivity contribution is 9.10. The first-order chi connectivity index (χ1) is 9.74. The highest BCUT2D eigenvalue weighted by Crippen LogP contribution is 2.32. The van der Waals surface area contributed by atoms with E-state index in [2.05, 4.69) is 25.9 Å². The van der Waals surface area contributed by atoms with E-state index in [-0.39, 0.29) is 11.0 Å². The monoisotopic (exact) mass is 370 g/mol. The molecule has 6 heteroatoms. The average molecular weight is 372 g/mol. The Morgan fingerprint density at radius 2 is 2.00 bits per heavy atom. The fourth-order valence-corrected chi connectivity index (χ4v) is 2.89. The minimum absolute atomic E-state index is 0.220. The van der Waals surface area contributed by atoms with Gasteiger partial charge >= 0.3 is 0 Å². The molecule has 2 rings (SSSR count). The van der Waals surface area contributed by atoms with E-state index in [1.165, 1.54) is 0 Å². The zero-order chi connectivity index (χ0) is 15.8. The van der Waals surface area contributed by atoms with Crippen LogP contribution in [0.1, 0.15) is 26.5 Å². The zero-order valence-corrected chi connectivity index (χ0v) is 14.6. The minimum Gasteiger partial charge on any atom is -0.496 e. The topological polar surface area (TPSA) is 55.0 Å². The lowest BCUT2D eigenvalue weighted by atomic mass is 9.92. The summed E-state index contributed by atoms with van der Waals surface area (Å²) >= 11 is 9.27. The number of ether oxygens (including phenoxy) is 1. The molecule has 1 heterocycles. The molecule has 0 aliphatic carbocycles. The summed E-state index contributed by atoms with van der Waals surface area (Å²) in [4.78, 5) is 19.5. The fraction of sp³-hybridized carbons (Fsp3) is 0.333. The summed E-state index contributed by atoms with van der Waals surface area (Å²) in [5.74, 6) is 1.02. The molecule has 1 N–H and O–H groups in total. The van der Waals surface area contributed by atoms with E-state index in [0.29, 0.717) is 32.3 Å². The number of nitrogens with one attached hydrogen (secondary N) is 1. The second-order valence-corrected chi connectivity index (χ2v) is 6.90. The van der Waals surface area contributed by atoms with E-state index in [0.717, 1.165) is 0 Å². The van der Waals surface area contributed by atoms with Crippen LogP contribution in [0.25, 0.3) is 11.4 Å². The van der Waals surface area contributed by atoms with Crippen LogP contribution in [-0.2, 0) is 5.41 Å². The number of halogens is 2. The van der Waals surface area contributed by atoms with Crippen LogP contribution in [0.2, 0.25) is 5.02 Å². The summed E-state index contributed by atoms with van der Waals surface area (Å²) in [6.07, 6.45) is 0. The average Bonchev–Trinajstić information content (AvgIpc) is 2.40. The lowest BCUT2D eigenvalue weighted by Crippen LogP contribution is -2.22. The van der Waals surface area contributed by atoms with Gasteiger partial charge in [-0.1, -0.05) is 32.4 Å². The van der Waals surface area contributed by atoms with Gasteiger partial charge in [-0.05, 0) is 34.1 Å². The largest absolute Gasteiger partial charge is 0.496 e. The summed E-state index contributed by atoms with van der Waals surface area (Å²) in [6.45, 7) is 6.01. The second-order valence-electron chi connectivity index (χ2n) is 5.67. The van der Waals surface area contributed by atoms with Gasteiger partial charge < -0.3 is 9.72 Å². The van der Waals surface area contributed by atoms with Crippen LogP contribution >= 0.6 is 27.5 Å². The van der Waals surface area contributed by atoms with Gasteiger partial charge in [-0.2, -0.15) is 0 Å². The van der Waals surface area contributed by atoms with Gasteiger partial charge in [-0.3, -0.25) is 4.79 Å². The van der Waals surface area contributed by atoms with Crippen LogP contribution in [0.15, 0.2) is 27.5 Å². The molecule has 1 aromatic carbocycles. The summed E-state index contributed by atoms with van der Waals surface area (Å²) in [6, 6.07) is 5.20. The van der Waals surface area contributed by atoms with Gasteiger partial charge in [0.2, 0.25) is 0 Å². The first kappa shape index (κ1) is 16.0. The Morgan fingerprint density at radius 3 is 2.57 bits per heavy atom. The molecule has 0 aliphatic rings. The van der Waals surface area contributed by atoms with Gasteiger partial charge in [0.15, 0.2) is 0 Å². The van der Waals surface area contributed by atoms with Gasteiger partial charge in [0.05, 0.1) is 18.4 Å². The van der Waals surface area contributed by atoms with Crippen molar-refractivity contribution in [2.75, 3.05) is 7.11 Å². The molecule has 0 fully saturated rings. The molecule has 0 radical (unpaired) electrons. The Kier molecular flexibility index (Phi) is 4.44. The molecular weight excluding hydrogens is 356 g/mol. The Balaban J connectivity index is 2.71. The molecule has 0 spiro atoms. The van der Waals surface area contributed by atoms with E-state index >= 15 is 0 Å². The highest BCUT2D eigenvalue weighted by Gasteiger charge is 2.23. The van der Waals surface area contributed by atoms with E-state index in [1.807, 2.05) is 20.8 Å². The van der Waals surface area contributed by atoms with Crippen LogP contribution in [0, 0.1) is 0 Å². The number of hydrogen-bond donors (Lipinski definition) is 1. The highest BCUT2D eigenvalue weighted by atomic mass is 79.9. The summed E-state index contributed by atoms with van der Waals surface area (Å²) < 4.78 is 5.77. The predicted octanol–water partition coefficient (Wildman–Crippen LogP) is 4.16. The van der Waals surface area contributed by atoms with Crippen molar-refractivity contribution in [1.82, 2.24) is 9.97 Å². The van der Waals surface area contributed by atoms with E-state index in [4.69, 9.17) is 16.3 Å². The molecule has 4 nitrogen and oxygen atoms in total. The summed E-state index contributed by atoms with van der Waals surface area (Å²) in [5.41, 5.74) is 0.902. The van der Waals surface area contributed by atoms with Gasteiger partial charge in [0.25, 0.3) is 5.56 Å². The molecule has 112 valence electrons. The quantitative estimate of drug-likeness (QED) is 0.862. The second kappa shape index (κ2) is 5.81. The number of aromatic nitrogens is 2. The van der Waals surface area contributed by atoms with Gasteiger partial charge in [-0.25, -0.2) is 4.98 Å². The van der Waals surface area contributed by atoms with Gasteiger partial charge in [-0.15, -0.1) is 0 Å². The van der Waals surface area contributed by atoms with Crippen LogP contribution in [0.5, 0.6) is 5.75 Å². The van der Waals surface area contributed by atoms with Crippen molar-refractivity contribution in [1.29, 1.82) is 0 Å². The Bertz CT molecular complexity index is 735. The summed E-state index contributed by atoms with van der Waals surface area (Å²) in [7, 11) is 1.55. The van der Waals surface area contributed by atoms with Crippen LogP contribution < -0.4 is 10.3 Å². The van der Waals surface area contributed by atoms with Crippen molar-refractivity contribution in [3.8, 4) is 17.1 Å². The van der Waals surface area contributed by atoms with Crippen molar-refractivity contribution in [2.45, 2.75) is 26.2 Å². The van der Waals surface area contributed by atoms with Crippen molar-refractivity contribution in [2.24, 2.45) is 0 Å². The van der Waals surface area contributed by atoms with Crippen molar-refractivity contribution < 1.29 is 4.74 Å². The fourth-order valence-electron chi connectivity index (χ4n) is 1.94. The van der Waals surface area contributed by atoms with Crippen LogP contribution in [-0.4, -0.2) is 17.1 Å². The third kappa shape index (κ3) is 3.30. The third-order valence-corrected chi connectivity index (χ3v) is 3.96. The number of benzene rings is 1. The SMILES string of the molecule is COc1cc(Cl)ccc1-c1nc(C(C)(C)C)c(Br)c(=O)[nH]1. The lowest BCUT2D eigenvalue weighted by Gasteiger charge is -2.20. The molecule has 0 saturated carbocycles. The minimum atomic E-state index is -0.262. The lowest BCUT2D eigenvalue weighted by molar-refractivity contribution is 0.416. The van der Waals surface area contributed by atoms with Crippen molar-refractivity contribution in [3.63, 3.8) is 0 Å². The molecule has 0 unspecified atom stereocenters. The van der Waals surface area contributed by atoms with E-state index in [9.17, 15) is 4.79 Å². The smallest absolute Gasteiger partial charge is 0.265 e. The first-order valence-corrected chi connectivity index (χ1v) is 7.55. The molecule has 21 heavy (non-hydrogen) atoms. The molecule has 2 aromatic rings. The molecule has 0 amide bonds. The van der Waals surface area contributed by atoms with Crippen LogP contribution in [0.3, 0.4) is 0 Å². The number of rotatable bonds is 2. The predicted molar refractivity (Wildman–Crippen MR) is 88.3 cm³/mol. The van der Waals surface area contributed by atoms with E-state index in [1.54, 1.807) is 25.3 Å². The molecule has 0 aliphatic heterocycles. The van der Waals surface area contributed by atoms with Crippen molar-refractivity contribution in [3.05, 3.63) is 43.7 Å². The number of nitrogens with zero attached hydrogens (tertiary/aromatic N) is 1. The van der Waals surface area contributed by atoms with Crippen molar-refractivity contribution >= 4 is 27.5 Å². The van der Waals surface area contributed by atoms with Gasteiger partial charge in [0, 0.05) is 10.4 Å². The Labute approximate surface area is 136 Å². The summed E-state index contributed by atoms with van der Waals surface area (Å²) in [5, 5.41) is 0.561. The standard InChI is InChI=1S/C15H16BrClN2O2/c1-15(2,3)12-11(16)14(20)19-13(18-12)9-6-5-8(17)7-10(9)21-4/h5-7H,1-4H3,(H,18,19,20). The molecular formula is C15H16BrClN2O2. The maximum Gasteiger partial charge on any atom is 0.265 e. The molecule has 0 saturated heterocycles. The molecule has 0 atom stereocenters. The number of hydrogen-bond acceptors (Lipinski definition) is 3. The van der Waals surface area contributed by atoms with Gasteiger partial charge in [0.1, 0.15) is 16.0 Å². The van der Waals surface area contributed by atoms with E-state index < -0.39 is 0 Å². The molecule has 0 bridgehead atoms. The maximum atomic E-state index is 12.1. The zero-order valence-electron chi connectivity index (χ0n) is 12.3. The normalized spacial score (nSPS) is 11.5. The number of methoxy groups -OCH3 is 1. The number of aromatic amines is 1. The van der Waals surface area contributed by atoms with Crippen LogP contribution in [0.4, 0.5) is 0 Å². The molecule has 1 aromatic heterocycles. The Hall–Kier alpha value is -1.33. The Morgan fingerprint density at radius 1 is 1.33 bits per heavy atom.